The van der Waals surface area contributed by atoms with Crippen LogP contribution in [-0.4, -0.2) is 52.5 Å². The monoisotopic (exact) mass is 360 g/mol. The van der Waals surface area contributed by atoms with E-state index in [4.69, 9.17) is 9.47 Å². The van der Waals surface area contributed by atoms with Crippen molar-refractivity contribution in [2.45, 2.75) is 38.0 Å². The first-order valence-electron chi connectivity index (χ1n) is 9.74. The van der Waals surface area contributed by atoms with E-state index in [0.717, 1.165) is 44.3 Å². The average Bonchev–Trinajstić information content (AvgIpc) is 2.68. The molecule has 0 unspecified atom stereocenters. The Balaban J connectivity index is 1.79. The third-order valence-electron chi connectivity index (χ3n) is 6.18. The fourth-order valence-electron chi connectivity index (χ4n) is 4.52. The summed E-state index contributed by atoms with van der Waals surface area (Å²) in [7, 11) is 1.75. The zero-order valence-electron chi connectivity index (χ0n) is 16.1. The van der Waals surface area contributed by atoms with Crippen molar-refractivity contribution in [3.8, 4) is 0 Å². The Labute approximate surface area is 156 Å². The lowest BCUT2D eigenvalue weighted by atomic mass is 9.71. The van der Waals surface area contributed by atoms with Crippen LogP contribution in [0.1, 0.15) is 36.8 Å². The number of benzene rings is 1. The number of rotatable bonds is 6. The van der Waals surface area contributed by atoms with Gasteiger partial charge in [0.15, 0.2) is 0 Å². The van der Waals surface area contributed by atoms with Crippen molar-refractivity contribution < 1.29 is 14.3 Å². The van der Waals surface area contributed by atoms with Gasteiger partial charge >= 0.3 is 0 Å². The number of aryl methyl sites for hydroxylation is 1. The van der Waals surface area contributed by atoms with Gasteiger partial charge in [-0.15, -0.1) is 0 Å². The van der Waals surface area contributed by atoms with E-state index in [2.05, 4.69) is 29.7 Å². The third-order valence-corrected chi connectivity index (χ3v) is 6.18. The Morgan fingerprint density at radius 3 is 2.54 bits per heavy atom. The van der Waals surface area contributed by atoms with Crippen LogP contribution in [-0.2, 0) is 19.7 Å². The van der Waals surface area contributed by atoms with Gasteiger partial charge in [0.2, 0.25) is 5.91 Å². The van der Waals surface area contributed by atoms with E-state index in [9.17, 15) is 4.79 Å². The Bertz CT molecular complexity index is 600. The van der Waals surface area contributed by atoms with Gasteiger partial charge < -0.3 is 20.1 Å². The van der Waals surface area contributed by atoms with E-state index in [1.54, 1.807) is 7.11 Å². The fourth-order valence-corrected chi connectivity index (χ4v) is 4.52. The molecule has 5 nitrogen and oxygen atoms in total. The number of nitrogens with one attached hydrogen (secondary N) is 2. The summed E-state index contributed by atoms with van der Waals surface area (Å²) in [5.74, 6) is 0.143. The summed E-state index contributed by atoms with van der Waals surface area (Å²) in [4.78, 5) is 13.4. The van der Waals surface area contributed by atoms with Gasteiger partial charge in [0, 0.05) is 32.3 Å². The molecule has 1 aromatic carbocycles. The standard InChI is InChI=1S/C21H32N2O3/c1-17-5-3-4-6-18(17)21(9-13-26-14-10-21)19(24)23-15-20(16-25-2)7-11-22-12-8-20/h3-6,22H,7-16H2,1-2H3,(H,23,24). The summed E-state index contributed by atoms with van der Waals surface area (Å²) < 4.78 is 11.1. The van der Waals surface area contributed by atoms with Crippen molar-refractivity contribution in [1.82, 2.24) is 10.6 Å². The predicted octanol–water partition coefficient (Wildman–Crippen LogP) is 2.18. The highest BCUT2D eigenvalue weighted by Crippen LogP contribution is 2.37. The molecule has 2 N–H and O–H groups in total. The van der Waals surface area contributed by atoms with Crippen LogP contribution in [0.2, 0.25) is 0 Å². The van der Waals surface area contributed by atoms with E-state index in [1.165, 1.54) is 5.56 Å². The molecule has 2 saturated heterocycles. The highest BCUT2D eigenvalue weighted by Gasteiger charge is 2.43. The van der Waals surface area contributed by atoms with Gasteiger partial charge in [-0.2, -0.15) is 0 Å². The van der Waals surface area contributed by atoms with Crippen LogP contribution >= 0.6 is 0 Å². The lowest BCUT2D eigenvalue weighted by Gasteiger charge is -2.40. The number of methoxy groups -OCH3 is 1. The highest BCUT2D eigenvalue weighted by molar-refractivity contribution is 5.88. The van der Waals surface area contributed by atoms with Gasteiger partial charge in [-0.3, -0.25) is 4.79 Å². The third kappa shape index (κ3) is 3.95. The molecular weight excluding hydrogens is 328 g/mol. The van der Waals surface area contributed by atoms with Crippen LogP contribution in [0.4, 0.5) is 0 Å². The second-order valence-corrected chi connectivity index (χ2v) is 7.88. The molecule has 5 heteroatoms. The molecule has 0 atom stereocenters. The quantitative estimate of drug-likeness (QED) is 0.816. The number of hydrogen-bond donors (Lipinski definition) is 2. The maximum absolute atomic E-state index is 13.4. The second-order valence-electron chi connectivity index (χ2n) is 7.88. The molecule has 2 aliphatic heterocycles. The van der Waals surface area contributed by atoms with Crippen LogP contribution in [0.15, 0.2) is 24.3 Å². The van der Waals surface area contributed by atoms with E-state index >= 15 is 0 Å². The summed E-state index contributed by atoms with van der Waals surface area (Å²) in [6.07, 6.45) is 3.54. The normalized spacial score (nSPS) is 21.9. The van der Waals surface area contributed by atoms with Crippen LogP contribution in [0, 0.1) is 12.3 Å². The van der Waals surface area contributed by atoms with E-state index < -0.39 is 5.41 Å². The summed E-state index contributed by atoms with van der Waals surface area (Å²) >= 11 is 0. The molecule has 2 fully saturated rings. The molecule has 2 aliphatic rings. The van der Waals surface area contributed by atoms with E-state index in [1.807, 2.05) is 12.1 Å². The number of amides is 1. The maximum Gasteiger partial charge on any atom is 0.230 e. The van der Waals surface area contributed by atoms with Crippen LogP contribution in [0.25, 0.3) is 0 Å². The Morgan fingerprint density at radius 2 is 1.88 bits per heavy atom. The van der Waals surface area contributed by atoms with Gasteiger partial charge in [-0.1, -0.05) is 24.3 Å². The molecule has 1 aromatic rings. The van der Waals surface area contributed by atoms with Crippen molar-refractivity contribution in [3.05, 3.63) is 35.4 Å². The molecule has 26 heavy (non-hydrogen) atoms. The predicted molar refractivity (Wildman–Crippen MR) is 102 cm³/mol. The summed E-state index contributed by atoms with van der Waals surface area (Å²) in [6.45, 7) is 6.69. The number of piperidine rings is 1. The molecule has 0 spiro atoms. The van der Waals surface area contributed by atoms with Gasteiger partial charge in [0.1, 0.15) is 0 Å². The molecule has 0 aliphatic carbocycles. The molecule has 2 heterocycles. The Morgan fingerprint density at radius 1 is 1.19 bits per heavy atom. The maximum atomic E-state index is 13.4. The summed E-state index contributed by atoms with van der Waals surface area (Å²) in [5.41, 5.74) is 1.88. The topological polar surface area (TPSA) is 59.6 Å². The Hall–Kier alpha value is -1.43. The molecule has 0 saturated carbocycles. The summed E-state index contributed by atoms with van der Waals surface area (Å²) in [6, 6.07) is 8.27. The van der Waals surface area contributed by atoms with Gasteiger partial charge in [0.05, 0.1) is 12.0 Å². The summed E-state index contributed by atoms with van der Waals surface area (Å²) in [5, 5.41) is 6.72. The van der Waals surface area contributed by atoms with Gasteiger partial charge in [-0.25, -0.2) is 0 Å². The number of carbonyl (C=O) groups is 1. The van der Waals surface area contributed by atoms with Crippen LogP contribution in [0.3, 0.4) is 0 Å². The number of carbonyl (C=O) groups excluding carboxylic acids is 1. The fraction of sp³-hybridized carbons (Fsp3) is 0.667. The molecule has 0 bridgehead atoms. The minimum atomic E-state index is -0.481. The lowest BCUT2D eigenvalue weighted by Crippen LogP contribution is -2.53. The molecule has 144 valence electrons. The lowest BCUT2D eigenvalue weighted by molar-refractivity contribution is -0.131. The zero-order chi connectivity index (χ0) is 18.5. The zero-order valence-corrected chi connectivity index (χ0v) is 16.1. The number of ether oxygens (including phenoxy) is 2. The van der Waals surface area contributed by atoms with Crippen molar-refractivity contribution in [2.24, 2.45) is 5.41 Å². The van der Waals surface area contributed by atoms with Gasteiger partial charge in [0.25, 0.3) is 0 Å². The first-order valence-corrected chi connectivity index (χ1v) is 9.74. The van der Waals surface area contributed by atoms with E-state index in [0.29, 0.717) is 26.4 Å². The minimum absolute atomic E-state index is 0.0355. The molecular formula is C21H32N2O3. The van der Waals surface area contributed by atoms with Crippen LogP contribution in [0.5, 0.6) is 0 Å². The second kappa shape index (κ2) is 8.51. The first-order chi connectivity index (χ1) is 12.6. The molecule has 0 radical (unpaired) electrons. The van der Waals surface area contributed by atoms with Crippen molar-refractivity contribution >= 4 is 5.91 Å². The average molecular weight is 360 g/mol. The Kier molecular flexibility index (Phi) is 6.33. The highest BCUT2D eigenvalue weighted by atomic mass is 16.5. The minimum Gasteiger partial charge on any atom is -0.384 e. The van der Waals surface area contributed by atoms with Crippen LogP contribution < -0.4 is 10.6 Å². The van der Waals surface area contributed by atoms with Crippen molar-refractivity contribution in [1.29, 1.82) is 0 Å². The largest absolute Gasteiger partial charge is 0.384 e. The van der Waals surface area contributed by atoms with Gasteiger partial charge in [-0.05, 0) is 56.8 Å². The smallest absolute Gasteiger partial charge is 0.230 e. The molecule has 0 aromatic heterocycles. The number of hydrogen-bond acceptors (Lipinski definition) is 4. The molecule has 3 rings (SSSR count). The first kappa shape index (κ1) is 19.3. The molecule has 1 amide bonds. The SMILES string of the molecule is COCC1(CNC(=O)C2(c3ccccc3C)CCOCC2)CCNCC1. The van der Waals surface area contributed by atoms with Crippen molar-refractivity contribution in [2.75, 3.05) is 46.6 Å². The van der Waals surface area contributed by atoms with Crippen molar-refractivity contribution in [3.63, 3.8) is 0 Å². The van der Waals surface area contributed by atoms with E-state index in [-0.39, 0.29) is 11.3 Å².